The number of aromatic nitrogens is 2. The molecule has 3 aliphatic heterocycles. The van der Waals surface area contributed by atoms with Crippen molar-refractivity contribution in [2.45, 2.75) is 38.3 Å². The van der Waals surface area contributed by atoms with Crippen LogP contribution in [0.25, 0.3) is 11.0 Å². The molecular formula is C18H25ClN4O. The number of piperidine rings is 3. The number of fused-ring (bicyclic) bond motifs is 4. The Morgan fingerprint density at radius 2 is 1.92 bits per heavy atom. The van der Waals surface area contributed by atoms with Crippen molar-refractivity contribution >= 4 is 29.3 Å². The summed E-state index contributed by atoms with van der Waals surface area (Å²) in [6.07, 6.45) is 2.35. The minimum absolute atomic E-state index is 0. The van der Waals surface area contributed by atoms with Crippen LogP contribution in [0.4, 0.5) is 0 Å². The molecule has 5 nitrogen and oxygen atoms in total. The van der Waals surface area contributed by atoms with Crippen molar-refractivity contribution in [3.63, 3.8) is 0 Å². The molecule has 1 aromatic carbocycles. The molecule has 1 atom stereocenters. The van der Waals surface area contributed by atoms with E-state index >= 15 is 0 Å². The summed E-state index contributed by atoms with van der Waals surface area (Å²) >= 11 is 0. The van der Waals surface area contributed by atoms with Crippen molar-refractivity contribution in [2.75, 3.05) is 13.1 Å². The van der Waals surface area contributed by atoms with Crippen molar-refractivity contribution in [1.82, 2.24) is 19.8 Å². The van der Waals surface area contributed by atoms with Crippen LogP contribution in [0.3, 0.4) is 0 Å². The Bertz CT molecular complexity index is 761. The molecule has 1 N–H and O–H groups in total. The van der Waals surface area contributed by atoms with Crippen molar-refractivity contribution in [1.29, 1.82) is 0 Å². The highest BCUT2D eigenvalue weighted by molar-refractivity contribution is 5.95. The van der Waals surface area contributed by atoms with Gasteiger partial charge < -0.3 is 9.88 Å². The van der Waals surface area contributed by atoms with Crippen molar-refractivity contribution in [2.24, 2.45) is 13.0 Å². The van der Waals surface area contributed by atoms with Gasteiger partial charge in [0, 0.05) is 18.6 Å². The summed E-state index contributed by atoms with van der Waals surface area (Å²) in [4.78, 5) is 19.9. The summed E-state index contributed by atoms with van der Waals surface area (Å²) in [7, 11) is 1.91. The molecule has 24 heavy (non-hydrogen) atoms. The van der Waals surface area contributed by atoms with Gasteiger partial charge in [-0.2, -0.15) is 0 Å². The second kappa shape index (κ2) is 6.05. The summed E-state index contributed by atoms with van der Waals surface area (Å²) < 4.78 is 1.89. The van der Waals surface area contributed by atoms with Gasteiger partial charge >= 0.3 is 0 Å². The average Bonchev–Trinajstić information content (AvgIpc) is 2.89. The van der Waals surface area contributed by atoms with E-state index in [2.05, 4.69) is 29.0 Å². The Kier molecular flexibility index (Phi) is 4.34. The number of benzene rings is 1. The third-order valence-electron chi connectivity index (χ3n) is 5.86. The number of carbonyl (C=O) groups is 1. The topological polar surface area (TPSA) is 50.2 Å². The predicted molar refractivity (Wildman–Crippen MR) is 97.6 cm³/mol. The van der Waals surface area contributed by atoms with Gasteiger partial charge in [0.1, 0.15) is 0 Å². The first kappa shape index (κ1) is 17.2. The molecule has 1 amide bonds. The van der Waals surface area contributed by atoms with Crippen LogP contribution in [-0.4, -0.2) is 45.0 Å². The summed E-state index contributed by atoms with van der Waals surface area (Å²) in [6.45, 7) is 6.79. The van der Waals surface area contributed by atoms with Gasteiger partial charge in [-0.3, -0.25) is 9.69 Å². The van der Waals surface area contributed by atoms with Crippen LogP contribution in [0.1, 0.15) is 37.3 Å². The Morgan fingerprint density at radius 3 is 2.54 bits per heavy atom. The van der Waals surface area contributed by atoms with Gasteiger partial charge in [0.2, 0.25) is 0 Å². The van der Waals surface area contributed by atoms with Gasteiger partial charge in [0.05, 0.1) is 11.0 Å². The number of nitrogens with zero attached hydrogens (tertiary/aromatic N) is 3. The van der Waals surface area contributed by atoms with Gasteiger partial charge in [-0.1, -0.05) is 12.1 Å². The number of hydrogen-bond acceptors (Lipinski definition) is 3. The number of para-hydroxylation sites is 2. The number of halogens is 1. The Hall–Kier alpha value is -1.59. The molecule has 0 radical (unpaired) electrons. The molecule has 1 unspecified atom stereocenters. The lowest BCUT2D eigenvalue weighted by molar-refractivity contribution is -0.0379. The minimum atomic E-state index is -0.0597. The maximum Gasteiger partial charge on any atom is 0.287 e. The van der Waals surface area contributed by atoms with E-state index in [9.17, 15) is 4.79 Å². The lowest BCUT2D eigenvalue weighted by Gasteiger charge is -2.56. The SMILES string of the molecule is Cl.Cn1c(C(=O)NC2C3CCN(CC3)C2(C)C)nc2ccccc21. The second-order valence-corrected chi connectivity index (χ2v) is 7.41. The summed E-state index contributed by atoms with van der Waals surface area (Å²) in [6, 6.07) is 8.06. The number of aryl methyl sites for hydroxylation is 1. The van der Waals surface area contributed by atoms with Crippen LogP contribution in [0.15, 0.2) is 24.3 Å². The van der Waals surface area contributed by atoms with Crippen LogP contribution in [0.2, 0.25) is 0 Å². The number of nitrogens with one attached hydrogen (secondary N) is 1. The van der Waals surface area contributed by atoms with E-state index in [0.717, 1.165) is 24.1 Å². The molecule has 2 bridgehead atoms. The maximum absolute atomic E-state index is 12.9. The molecule has 3 aliphatic rings. The highest BCUT2D eigenvalue weighted by atomic mass is 35.5. The highest BCUT2D eigenvalue weighted by Crippen LogP contribution is 2.39. The molecule has 5 rings (SSSR count). The van der Waals surface area contributed by atoms with E-state index in [1.807, 2.05) is 35.9 Å². The Morgan fingerprint density at radius 1 is 1.25 bits per heavy atom. The van der Waals surface area contributed by atoms with Gasteiger partial charge in [0.15, 0.2) is 5.82 Å². The smallest absolute Gasteiger partial charge is 0.287 e. The predicted octanol–water partition coefficient (Wildman–Crippen LogP) is 2.60. The summed E-state index contributed by atoms with van der Waals surface area (Å²) in [5.74, 6) is 1.02. The lowest BCUT2D eigenvalue weighted by Crippen LogP contribution is -2.69. The number of hydrogen-bond donors (Lipinski definition) is 1. The van der Waals surface area contributed by atoms with Gasteiger partial charge in [0.25, 0.3) is 5.91 Å². The molecule has 2 aromatic rings. The molecule has 130 valence electrons. The van der Waals surface area contributed by atoms with Crippen LogP contribution < -0.4 is 5.32 Å². The number of imidazole rings is 1. The molecule has 4 heterocycles. The molecule has 1 aromatic heterocycles. The first-order valence-electron chi connectivity index (χ1n) is 8.46. The van der Waals surface area contributed by atoms with E-state index < -0.39 is 0 Å². The molecule has 6 heteroatoms. The highest BCUT2D eigenvalue weighted by Gasteiger charge is 2.48. The van der Waals surface area contributed by atoms with E-state index in [1.165, 1.54) is 12.8 Å². The average molecular weight is 349 g/mol. The van der Waals surface area contributed by atoms with Crippen molar-refractivity contribution in [3.8, 4) is 0 Å². The zero-order valence-corrected chi connectivity index (χ0v) is 15.3. The van der Waals surface area contributed by atoms with E-state index in [1.54, 1.807) is 0 Å². The van der Waals surface area contributed by atoms with Gasteiger partial charge in [-0.25, -0.2) is 4.98 Å². The molecule has 0 spiro atoms. The fraction of sp³-hybridized carbons (Fsp3) is 0.556. The zero-order chi connectivity index (χ0) is 16.2. The standard InChI is InChI=1S/C18H24N4O.ClH/c1-18(2)15(12-8-10-22(18)11-9-12)20-17(23)16-19-13-6-4-5-7-14(13)21(16)3;/h4-7,12,15H,8-11H2,1-3H3,(H,20,23);1H. The largest absolute Gasteiger partial charge is 0.345 e. The fourth-order valence-corrected chi connectivity index (χ4v) is 4.43. The maximum atomic E-state index is 12.9. The van der Waals surface area contributed by atoms with Crippen LogP contribution in [-0.2, 0) is 7.05 Å². The molecule has 3 fully saturated rings. The molecule has 3 saturated heterocycles. The Balaban J connectivity index is 0.00000169. The number of carbonyl (C=O) groups excluding carboxylic acids is 1. The van der Waals surface area contributed by atoms with E-state index in [0.29, 0.717) is 11.7 Å². The monoisotopic (exact) mass is 348 g/mol. The van der Waals surface area contributed by atoms with E-state index in [4.69, 9.17) is 0 Å². The van der Waals surface area contributed by atoms with Crippen LogP contribution >= 0.6 is 12.4 Å². The third kappa shape index (κ3) is 2.50. The van der Waals surface area contributed by atoms with Gasteiger partial charge in [-0.15, -0.1) is 12.4 Å². The fourth-order valence-electron chi connectivity index (χ4n) is 4.43. The second-order valence-electron chi connectivity index (χ2n) is 7.41. The van der Waals surface area contributed by atoms with Crippen molar-refractivity contribution in [3.05, 3.63) is 30.1 Å². The third-order valence-corrected chi connectivity index (χ3v) is 5.86. The quantitative estimate of drug-likeness (QED) is 0.907. The summed E-state index contributed by atoms with van der Waals surface area (Å²) in [5.41, 5.74) is 1.88. The van der Waals surface area contributed by atoms with E-state index in [-0.39, 0.29) is 29.9 Å². The van der Waals surface area contributed by atoms with Crippen LogP contribution in [0, 0.1) is 5.92 Å². The first-order valence-corrected chi connectivity index (χ1v) is 8.46. The normalized spacial score (nSPS) is 27.7. The summed E-state index contributed by atoms with van der Waals surface area (Å²) in [5, 5.41) is 3.29. The first-order chi connectivity index (χ1) is 11.0. The zero-order valence-electron chi connectivity index (χ0n) is 14.5. The number of rotatable bonds is 2. The minimum Gasteiger partial charge on any atom is -0.345 e. The lowest BCUT2D eigenvalue weighted by atomic mass is 9.72. The van der Waals surface area contributed by atoms with Crippen molar-refractivity contribution < 1.29 is 4.79 Å². The Labute approximate surface area is 148 Å². The molecular weight excluding hydrogens is 324 g/mol. The van der Waals surface area contributed by atoms with Crippen LogP contribution in [0.5, 0.6) is 0 Å². The number of amides is 1. The molecule has 0 aliphatic carbocycles. The van der Waals surface area contributed by atoms with Gasteiger partial charge in [-0.05, 0) is 57.8 Å². The molecule has 0 saturated carbocycles.